The zero-order chi connectivity index (χ0) is 22.9. The Morgan fingerprint density at radius 3 is 2.66 bits per heavy atom. The number of hydrogen-bond acceptors (Lipinski definition) is 6. The lowest BCUT2D eigenvalue weighted by Gasteiger charge is -2.37. The van der Waals surface area contributed by atoms with Gasteiger partial charge in [-0.3, -0.25) is 9.52 Å². The van der Waals surface area contributed by atoms with Crippen LogP contribution in [-0.2, 0) is 19.6 Å². The predicted octanol–water partition coefficient (Wildman–Crippen LogP) is 2.32. The van der Waals surface area contributed by atoms with Crippen molar-refractivity contribution in [2.45, 2.75) is 50.0 Å². The zero-order valence-corrected chi connectivity index (χ0v) is 18.8. The molecule has 0 saturated carbocycles. The minimum Gasteiger partial charge on any atom is -0.487 e. The molecule has 1 amide bonds. The van der Waals surface area contributed by atoms with Crippen molar-refractivity contribution < 1.29 is 27.8 Å². The first-order chi connectivity index (χ1) is 15.2. The first-order valence-corrected chi connectivity index (χ1v) is 12.5. The normalized spacial score (nSPS) is 25.2. The Kier molecular flexibility index (Phi) is 6.41. The summed E-state index contributed by atoms with van der Waals surface area (Å²) in [5.74, 6) is 0.401. The third-order valence-electron chi connectivity index (χ3n) is 5.89. The molecule has 0 bridgehead atoms. The Bertz CT molecular complexity index is 1080. The molecule has 2 aromatic carbocycles. The molecule has 2 aliphatic heterocycles. The van der Waals surface area contributed by atoms with Crippen molar-refractivity contribution >= 4 is 21.6 Å². The maximum Gasteiger partial charge on any atom is 0.229 e. The SMILES string of the molecule is C[C@H](NC(=O)C[C@@H]1C[C@@H]2c3cc(NS(C)(=O)=O)ccc3O[C@@H]2[C@H](CO)O1)c1ccccc1. The van der Waals surface area contributed by atoms with Crippen molar-refractivity contribution in [2.24, 2.45) is 0 Å². The molecular weight excluding hydrogens is 432 g/mol. The molecule has 2 heterocycles. The number of hydrogen-bond donors (Lipinski definition) is 3. The summed E-state index contributed by atoms with van der Waals surface area (Å²) < 4.78 is 37.7. The van der Waals surface area contributed by atoms with Crippen LogP contribution in [0, 0.1) is 0 Å². The van der Waals surface area contributed by atoms with Gasteiger partial charge in [0.1, 0.15) is 18.0 Å². The summed E-state index contributed by atoms with van der Waals surface area (Å²) in [4.78, 5) is 12.7. The van der Waals surface area contributed by atoms with Gasteiger partial charge in [0.15, 0.2) is 0 Å². The molecule has 0 spiro atoms. The van der Waals surface area contributed by atoms with Crippen molar-refractivity contribution in [1.29, 1.82) is 0 Å². The number of ether oxygens (including phenoxy) is 2. The summed E-state index contributed by atoms with van der Waals surface area (Å²) in [5, 5.41) is 12.9. The van der Waals surface area contributed by atoms with Crippen LogP contribution in [0.25, 0.3) is 0 Å². The van der Waals surface area contributed by atoms with E-state index in [0.717, 1.165) is 17.4 Å². The van der Waals surface area contributed by atoms with Gasteiger partial charge in [-0.2, -0.15) is 0 Å². The highest BCUT2D eigenvalue weighted by Gasteiger charge is 2.46. The fraction of sp³-hybridized carbons (Fsp3) is 0.435. The first-order valence-electron chi connectivity index (χ1n) is 10.6. The second-order valence-electron chi connectivity index (χ2n) is 8.43. The van der Waals surface area contributed by atoms with Crippen LogP contribution in [0.1, 0.15) is 42.9 Å². The number of amides is 1. The van der Waals surface area contributed by atoms with E-state index in [0.29, 0.717) is 17.9 Å². The lowest BCUT2D eigenvalue weighted by Crippen LogP contribution is -2.47. The van der Waals surface area contributed by atoms with Gasteiger partial charge in [0.05, 0.1) is 31.4 Å². The third-order valence-corrected chi connectivity index (χ3v) is 6.50. The summed E-state index contributed by atoms with van der Waals surface area (Å²) in [6, 6.07) is 14.7. The monoisotopic (exact) mass is 460 g/mol. The van der Waals surface area contributed by atoms with Crippen LogP contribution < -0.4 is 14.8 Å². The third kappa shape index (κ3) is 5.06. The Morgan fingerprint density at radius 2 is 1.97 bits per heavy atom. The average molecular weight is 461 g/mol. The molecule has 3 N–H and O–H groups in total. The molecule has 1 fully saturated rings. The molecule has 2 aromatic rings. The minimum absolute atomic E-state index is 0.110. The van der Waals surface area contributed by atoms with Gasteiger partial charge < -0.3 is 19.9 Å². The molecule has 32 heavy (non-hydrogen) atoms. The van der Waals surface area contributed by atoms with Gasteiger partial charge in [-0.15, -0.1) is 0 Å². The summed E-state index contributed by atoms with van der Waals surface area (Å²) in [5.41, 5.74) is 2.32. The molecule has 0 unspecified atom stereocenters. The van der Waals surface area contributed by atoms with Crippen LogP contribution in [0.15, 0.2) is 48.5 Å². The number of carbonyl (C=O) groups is 1. The molecule has 8 nitrogen and oxygen atoms in total. The second-order valence-corrected chi connectivity index (χ2v) is 10.2. The van der Waals surface area contributed by atoms with Crippen LogP contribution >= 0.6 is 0 Å². The number of sulfonamides is 1. The molecule has 0 radical (unpaired) electrons. The topological polar surface area (TPSA) is 114 Å². The quantitative estimate of drug-likeness (QED) is 0.584. The number of aliphatic hydroxyl groups excluding tert-OH is 1. The van der Waals surface area contributed by atoms with Crippen molar-refractivity contribution in [3.05, 3.63) is 59.7 Å². The van der Waals surface area contributed by atoms with Crippen molar-refractivity contribution in [3.63, 3.8) is 0 Å². The van der Waals surface area contributed by atoms with Gasteiger partial charge in [-0.25, -0.2) is 8.42 Å². The highest BCUT2D eigenvalue weighted by atomic mass is 32.2. The average Bonchev–Trinajstić information content (AvgIpc) is 3.10. The lowest BCUT2D eigenvalue weighted by molar-refractivity contribution is -0.142. The number of benzene rings is 2. The van der Waals surface area contributed by atoms with Crippen LogP contribution in [0.4, 0.5) is 5.69 Å². The first kappa shape index (κ1) is 22.6. The van der Waals surface area contributed by atoms with Crippen molar-refractivity contribution in [1.82, 2.24) is 5.32 Å². The van der Waals surface area contributed by atoms with Crippen molar-refractivity contribution in [2.75, 3.05) is 17.6 Å². The maximum absolute atomic E-state index is 12.7. The molecular formula is C23H28N2O6S. The van der Waals surface area contributed by atoms with Crippen LogP contribution in [0.2, 0.25) is 0 Å². The van der Waals surface area contributed by atoms with E-state index in [1.807, 2.05) is 37.3 Å². The van der Waals surface area contributed by atoms with E-state index in [9.17, 15) is 18.3 Å². The van der Waals surface area contributed by atoms with E-state index >= 15 is 0 Å². The molecule has 2 aliphatic rings. The minimum atomic E-state index is -3.41. The standard InChI is InChI=1S/C23H28N2O6S/c1-14(15-6-4-3-5-7-15)24-22(27)12-17-11-19-18-10-16(25-32(2,28)29)8-9-20(18)31-23(19)21(13-26)30-17/h3-10,14,17,19,21,23,25-26H,11-13H2,1-2H3,(H,24,27)/t14-,17-,19+,21-,23-/m0/s1. The van der Waals surface area contributed by atoms with Gasteiger partial charge >= 0.3 is 0 Å². The molecule has 1 saturated heterocycles. The van der Waals surface area contributed by atoms with Crippen molar-refractivity contribution in [3.8, 4) is 5.75 Å². The van der Waals surface area contributed by atoms with Gasteiger partial charge in [0.25, 0.3) is 0 Å². The Balaban J connectivity index is 1.47. The molecule has 4 rings (SSSR count). The summed E-state index contributed by atoms with van der Waals surface area (Å²) in [6.07, 6.45) is 0.443. The number of rotatable bonds is 7. The number of aliphatic hydroxyl groups is 1. The van der Waals surface area contributed by atoms with Gasteiger partial charge in [-0.1, -0.05) is 30.3 Å². The molecule has 172 valence electrons. The fourth-order valence-corrected chi connectivity index (χ4v) is 5.05. The van der Waals surface area contributed by atoms with E-state index in [2.05, 4.69) is 10.0 Å². The summed E-state index contributed by atoms with van der Waals surface area (Å²) >= 11 is 0. The highest BCUT2D eigenvalue weighted by molar-refractivity contribution is 7.92. The Morgan fingerprint density at radius 1 is 1.22 bits per heavy atom. The predicted molar refractivity (Wildman–Crippen MR) is 120 cm³/mol. The Labute approximate surface area is 188 Å². The van der Waals surface area contributed by atoms with E-state index in [1.165, 1.54) is 0 Å². The number of fused-ring (bicyclic) bond motifs is 3. The Hall–Kier alpha value is -2.62. The fourth-order valence-electron chi connectivity index (χ4n) is 4.50. The van der Waals surface area contributed by atoms with Crippen LogP contribution in [0.3, 0.4) is 0 Å². The zero-order valence-electron chi connectivity index (χ0n) is 18.0. The molecule has 0 aromatic heterocycles. The van der Waals surface area contributed by atoms with Crippen LogP contribution in [0.5, 0.6) is 5.75 Å². The molecule has 5 atom stereocenters. The highest BCUT2D eigenvalue weighted by Crippen LogP contribution is 2.47. The molecule has 0 aliphatic carbocycles. The van der Waals surface area contributed by atoms with E-state index in [-0.39, 0.29) is 37.0 Å². The summed E-state index contributed by atoms with van der Waals surface area (Å²) in [6.45, 7) is 1.70. The van der Waals surface area contributed by atoms with E-state index in [4.69, 9.17) is 9.47 Å². The smallest absolute Gasteiger partial charge is 0.229 e. The number of anilines is 1. The largest absolute Gasteiger partial charge is 0.487 e. The number of nitrogens with one attached hydrogen (secondary N) is 2. The second kappa shape index (κ2) is 9.09. The van der Waals surface area contributed by atoms with E-state index < -0.39 is 22.2 Å². The maximum atomic E-state index is 12.7. The lowest BCUT2D eigenvalue weighted by atomic mass is 9.84. The molecule has 9 heteroatoms. The van der Waals surface area contributed by atoms with Gasteiger partial charge in [0.2, 0.25) is 15.9 Å². The summed E-state index contributed by atoms with van der Waals surface area (Å²) in [7, 11) is -3.41. The van der Waals surface area contributed by atoms with Crippen LogP contribution in [-0.4, -0.2) is 50.6 Å². The van der Waals surface area contributed by atoms with Gasteiger partial charge in [0, 0.05) is 17.2 Å². The van der Waals surface area contributed by atoms with E-state index in [1.54, 1.807) is 18.2 Å². The number of carbonyl (C=O) groups excluding carboxylic acids is 1. The van der Waals surface area contributed by atoms with Gasteiger partial charge in [-0.05, 0) is 37.1 Å².